The van der Waals surface area contributed by atoms with E-state index in [1.165, 1.54) is 62.5 Å². The molecule has 0 aliphatic rings. The van der Waals surface area contributed by atoms with E-state index in [0.29, 0.717) is 0 Å². The van der Waals surface area contributed by atoms with Gasteiger partial charge in [-0.15, -0.1) is 0 Å². The van der Waals surface area contributed by atoms with Crippen LogP contribution >= 0.6 is 0 Å². The van der Waals surface area contributed by atoms with Crippen LogP contribution < -0.4 is 0 Å². The Morgan fingerprint density at radius 3 is 2.33 bits per heavy atom. The Hall–Kier alpha value is -0.850. The molecule has 102 valence electrons. The van der Waals surface area contributed by atoms with E-state index in [9.17, 15) is 0 Å². The minimum absolute atomic E-state index is 0.731. The second-order valence-electron chi connectivity index (χ2n) is 5.48. The van der Waals surface area contributed by atoms with Crippen LogP contribution in [-0.4, -0.2) is 4.98 Å². The Kier molecular flexibility index (Phi) is 7.71. The molecule has 1 atom stereocenters. The van der Waals surface area contributed by atoms with Gasteiger partial charge in [0.1, 0.15) is 0 Å². The number of rotatable bonds is 9. The zero-order valence-electron chi connectivity index (χ0n) is 12.4. The van der Waals surface area contributed by atoms with Gasteiger partial charge in [0.2, 0.25) is 0 Å². The third-order valence-electron chi connectivity index (χ3n) is 3.68. The molecule has 1 nitrogen and oxygen atoms in total. The van der Waals surface area contributed by atoms with Gasteiger partial charge in [0.15, 0.2) is 0 Å². The van der Waals surface area contributed by atoms with Crippen LogP contribution in [0, 0.1) is 6.92 Å². The number of hydrogen-bond donors (Lipinski definition) is 0. The average Bonchev–Trinajstić information content (AvgIpc) is 2.38. The normalized spacial score (nSPS) is 12.6. The van der Waals surface area contributed by atoms with Crippen LogP contribution in [0.25, 0.3) is 0 Å². The van der Waals surface area contributed by atoms with Gasteiger partial charge in [0.05, 0.1) is 0 Å². The van der Waals surface area contributed by atoms with Crippen molar-refractivity contribution in [2.45, 2.75) is 78.1 Å². The Balaban J connectivity index is 2.54. The summed E-state index contributed by atoms with van der Waals surface area (Å²) in [6.07, 6.45) is 14.8. The molecule has 18 heavy (non-hydrogen) atoms. The second kappa shape index (κ2) is 9.13. The topological polar surface area (TPSA) is 12.9 Å². The zero-order valence-corrected chi connectivity index (χ0v) is 12.4. The Morgan fingerprint density at radius 1 is 0.944 bits per heavy atom. The highest BCUT2D eigenvalue weighted by atomic mass is 14.6. The van der Waals surface area contributed by atoms with E-state index in [1.807, 2.05) is 6.20 Å². The molecular weight excluding hydrogens is 218 g/mol. The van der Waals surface area contributed by atoms with Crippen molar-refractivity contribution in [3.63, 3.8) is 0 Å². The summed E-state index contributed by atoms with van der Waals surface area (Å²) in [6.45, 7) is 6.70. The Labute approximate surface area is 113 Å². The van der Waals surface area contributed by atoms with E-state index >= 15 is 0 Å². The summed E-state index contributed by atoms with van der Waals surface area (Å²) in [5.41, 5.74) is 2.75. The second-order valence-corrected chi connectivity index (χ2v) is 5.48. The van der Waals surface area contributed by atoms with E-state index in [0.717, 1.165) is 5.92 Å². The monoisotopic (exact) mass is 247 g/mol. The molecule has 0 aromatic carbocycles. The average molecular weight is 247 g/mol. The molecule has 0 N–H and O–H groups in total. The first-order valence-electron chi connectivity index (χ1n) is 7.69. The van der Waals surface area contributed by atoms with E-state index in [-0.39, 0.29) is 0 Å². The molecule has 0 aliphatic heterocycles. The first kappa shape index (κ1) is 15.2. The molecule has 1 aromatic heterocycles. The number of aromatic nitrogens is 1. The molecular formula is C17H29N. The molecule has 0 aliphatic carbocycles. The summed E-state index contributed by atoms with van der Waals surface area (Å²) >= 11 is 0. The molecule has 1 unspecified atom stereocenters. The van der Waals surface area contributed by atoms with Gasteiger partial charge < -0.3 is 0 Å². The van der Waals surface area contributed by atoms with Gasteiger partial charge in [0, 0.05) is 12.4 Å². The summed E-state index contributed by atoms with van der Waals surface area (Å²) in [6, 6.07) is 2.33. The molecule has 0 fully saturated rings. The van der Waals surface area contributed by atoms with Gasteiger partial charge in [-0.2, -0.15) is 0 Å². The van der Waals surface area contributed by atoms with Gasteiger partial charge in [0.25, 0.3) is 0 Å². The number of pyridine rings is 1. The largest absolute Gasteiger partial charge is 0.264 e. The van der Waals surface area contributed by atoms with Crippen LogP contribution in [0.2, 0.25) is 0 Å². The molecule has 1 heteroatoms. The maximum Gasteiger partial charge on any atom is 0.0302 e. The number of aryl methyl sites for hydroxylation is 1. The van der Waals surface area contributed by atoms with Crippen molar-refractivity contribution in [3.8, 4) is 0 Å². The third kappa shape index (κ3) is 5.66. The molecule has 1 heterocycles. The lowest BCUT2D eigenvalue weighted by Gasteiger charge is -2.17. The van der Waals surface area contributed by atoms with E-state index in [1.54, 1.807) is 0 Å². The number of nitrogens with zero attached hydrogens (tertiary/aromatic N) is 1. The minimum Gasteiger partial charge on any atom is -0.264 e. The predicted molar refractivity (Wildman–Crippen MR) is 80.0 cm³/mol. The fourth-order valence-corrected chi connectivity index (χ4v) is 2.55. The van der Waals surface area contributed by atoms with E-state index in [4.69, 9.17) is 0 Å². The van der Waals surface area contributed by atoms with Crippen LogP contribution in [0.4, 0.5) is 0 Å². The molecule has 0 saturated heterocycles. The summed E-state index contributed by atoms with van der Waals surface area (Å²) in [4.78, 5) is 4.36. The van der Waals surface area contributed by atoms with E-state index < -0.39 is 0 Å². The highest BCUT2D eigenvalue weighted by Gasteiger charge is 2.11. The molecule has 0 bridgehead atoms. The van der Waals surface area contributed by atoms with Crippen LogP contribution in [-0.2, 0) is 0 Å². The van der Waals surface area contributed by atoms with Crippen molar-refractivity contribution >= 4 is 0 Å². The van der Waals surface area contributed by atoms with Crippen molar-refractivity contribution in [3.05, 3.63) is 29.6 Å². The summed E-state index contributed by atoms with van der Waals surface area (Å²) in [7, 11) is 0. The van der Waals surface area contributed by atoms with Crippen molar-refractivity contribution < 1.29 is 0 Å². The number of unbranched alkanes of at least 4 members (excludes halogenated alkanes) is 4. The molecule has 1 aromatic rings. The molecule has 1 rings (SSSR count). The van der Waals surface area contributed by atoms with Crippen molar-refractivity contribution in [2.75, 3.05) is 0 Å². The Bertz CT molecular complexity index is 319. The standard InChI is InChI=1S/C17H29N/c1-4-6-8-9-11-16(10-7-5-2)17-12-15(3)13-18-14-17/h12-14,16H,4-11H2,1-3H3. The molecule has 0 spiro atoms. The highest BCUT2D eigenvalue weighted by Crippen LogP contribution is 2.28. The molecule has 0 amide bonds. The van der Waals surface area contributed by atoms with Crippen molar-refractivity contribution in [1.29, 1.82) is 0 Å². The number of hydrogen-bond acceptors (Lipinski definition) is 1. The predicted octanol–water partition coefficient (Wildman–Crippen LogP) is 5.63. The first-order valence-corrected chi connectivity index (χ1v) is 7.69. The fraction of sp³-hybridized carbons (Fsp3) is 0.706. The summed E-state index contributed by atoms with van der Waals surface area (Å²) in [5.74, 6) is 0.731. The summed E-state index contributed by atoms with van der Waals surface area (Å²) in [5, 5.41) is 0. The zero-order chi connectivity index (χ0) is 13.2. The lowest BCUT2D eigenvalue weighted by Crippen LogP contribution is -2.00. The SMILES string of the molecule is CCCCCCC(CCCC)c1cncc(C)c1. The Morgan fingerprint density at radius 2 is 1.67 bits per heavy atom. The smallest absolute Gasteiger partial charge is 0.0302 e. The van der Waals surface area contributed by atoms with E-state index in [2.05, 4.69) is 38.0 Å². The van der Waals surface area contributed by atoms with Gasteiger partial charge in [-0.25, -0.2) is 0 Å². The van der Waals surface area contributed by atoms with Crippen LogP contribution in [0.3, 0.4) is 0 Å². The van der Waals surface area contributed by atoms with Crippen LogP contribution in [0.15, 0.2) is 18.5 Å². The fourth-order valence-electron chi connectivity index (χ4n) is 2.55. The van der Waals surface area contributed by atoms with Crippen LogP contribution in [0.1, 0.15) is 82.3 Å². The van der Waals surface area contributed by atoms with Gasteiger partial charge in [-0.3, -0.25) is 4.98 Å². The third-order valence-corrected chi connectivity index (χ3v) is 3.68. The molecule has 0 saturated carbocycles. The maximum atomic E-state index is 4.36. The van der Waals surface area contributed by atoms with Gasteiger partial charge in [-0.1, -0.05) is 58.4 Å². The maximum absolute atomic E-state index is 4.36. The quantitative estimate of drug-likeness (QED) is 0.515. The molecule has 0 radical (unpaired) electrons. The van der Waals surface area contributed by atoms with Gasteiger partial charge in [-0.05, 0) is 36.8 Å². The lowest BCUT2D eigenvalue weighted by atomic mass is 9.89. The first-order chi connectivity index (χ1) is 8.77. The lowest BCUT2D eigenvalue weighted by molar-refractivity contribution is 0.507. The highest BCUT2D eigenvalue weighted by molar-refractivity contribution is 5.20. The minimum atomic E-state index is 0.731. The van der Waals surface area contributed by atoms with Crippen LogP contribution in [0.5, 0.6) is 0 Å². The van der Waals surface area contributed by atoms with Crippen molar-refractivity contribution in [2.24, 2.45) is 0 Å². The summed E-state index contributed by atoms with van der Waals surface area (Å²) < 4.78 is 0. The van der Waals surface area contributed by atoms with Gasteiger partial charge >= 0.3 is 0 Å². The van der Waals surface area contributed by atoms with Crippen molar-refractivity contribution in [1.82, 2.24) is 4.98 Å².